The molecule has 3 rings (SSSR count). The number of hydrogen-bond acceptors (Lipinski definition) is 4. The van der Waals surface area contributed by atoms with Crippen LogP contribution >= 0.6 is 0 Å². The van der Waals surface area contributed by atoms with Gasteiger partial charge in [-0.2, -0.15) is 5.10 Å². The number of nitrogens with zero attached hydrogens (tertiary/aromatic N) is 1. The maximum atomic E-state index is 13.1. The molecule has 148 valence electrons. The van der Waals surface area contributed by atoms with E-state index < -0.39 is 11.5 Å². The highest BCUT2D eigenvalue weighted by Crippen LogP contribution is 2.29. The van der Waals surface area contributed by atoms with E-state index >= 15 is 0 Å². The van der Waals surface area contributed by atoms with E-state index in [1.807, 2.05) is 43.3 Å². The molecule has 3 aromatic carbocycles. The lowest BCUT2D eigenvalue weighted by molar-refractivity contribution is -0.136. The summed E-state index contributed by atoms with van der Waals surface area (Å²) in [4.78, 5) is 13.1. The molecule has 0 atom stereocenters. The van der Waals surface area contributed by atoms with Crippen LogP contribution < -0.4 is 10.2 Å². The predicted octanol–water partition coefficient (Wildman–Crippen LogP) is 3.86. The minimum absolute atomic E-state index is 0.474. The van der Waals surface area contributed by atoms with Crippen LogP contribution in [-0.2, 0) is 10.4 Å². The molecule has 3 aromatic rings. The zero-order valence-electron chi connectivity index (χ0n) is 16.5. The normalized spacial score (nSPS) is 11.8. The second-order valence-electron chi connectivity index (χ2n) is 6.52. The molecule has 0 fully saturated rings. The molecule has 29 heavy (non-hydrogen) atoms. The summed E-state index contributed by atoms with van der Waals surface area (Å²) in [7, 11) is 1.61. The number of amides is 1. The van der Waals surface area contributed by atoms with Crippen molar-refractivity contribution in [3.8, 4) is 5.75 Å². The topological polar surface area (TPSA) is 70.9 Å². The monoisotopic (exact) mass is 388 g/mol. The summed E-state index contributed by atoms with van der Waals surface area (Å²) in [6, 6.07) is 25.2. The molecule has 0 aliphatic carbocycles. The largest absolute Gasteiger partial charge is 0.497 e. The minimum atomic E-state index is -1.86. The summed E-state index contributed by atoms with van der Waals surface area (Å²) in [5.41, 5.74) is 3.23. The molecule has 5 heteroatoms. The van der Waals surface area contributed by atoms with E-state index in [1.54, 1.807) is 55.6 Å². The number of ether oxygens (including phenoxy) is 1. The zero-order valence-corrected chi connectivity index (χ0v) is 16.5. The highest BCUT2D eigenvalue weighted by atomic mass is 16.5. The standard InChI is InChI=1S/C24H24N2O3/c1-3-22(18-14-16-21(29-2)17-15-18)25-26-23(27)24(28,19-10-6-4-7-11-19)20-12-8-5-9-13-20/h4-17,28H,3H2,1-2H3,(H,26,27)/b25-22-. The van der Waals surface area contributed by atoms with Crippen LogP contribution in [0.4, 0.5) is 0 Å². The predicted molar refractivity (Wildman–Crippen MR) is 114 cm³/mol. The van der Waals surface area contributed by atoms with Crippen molar-refractivity contribution in [3.05, 3.63) is 102 Å². The highest BCUT2D eigenvalue weighted by molar-refractivity contribution is 6.01. The fraction of sp³-hybridized carbons (Fsp3) is 0.167. The molecule has 0 aromatic heterocycles. The van der Waals surface area contributed by atoms with E-state index in [0.29, 0.717) is 23.3 Å². The van der Waals surface area contributed by atoms with Crippen molar-refractivity contribution in [1.82, 2.24) is 5.43 Å². The molecule has 0 aliphatic rings. The lowest BCUT2D eigenvalue weighted by Gasteiger charge is -2.27. The van der Waals surface area contributed by atoms with Crippen LogP contribution in [0.1, 0.15) is 30.0 Å². The van der Waals surface area contributed by atoms with Gasteiger partial charge in [-0.25, -0.2) is 5.43 Å². The summed E-state index contributed by atoms with van der Waals surface area (Å²) in [6.07, 6.45) is 0.613. The van der Waals surface area contributed by atoms with Gasteiger partial charge in [0.15, 0.2) is 5.60 Å². The van der Waals surface area contributed by atoms with Gasteiger partial charge in [-0.05, 0) is 47.4 Å². The van der Waals surface area contributed by atoms with Gasteiger partial charge in [-0.15, -0.1) is 0 Å². The molecule has 0 unspecified atom stereocenters. The number of benzene rings is 3. The van der Waals surface area contributed by atoms with Gasteiger partial charge in [0.05, 0.1) is 12.8 Å². The molecule has 0 bridgehead atoms. The van der Waals surface area contributed by atoms with Crippen LogP contribution in [0.15, 0.2) is 90.0 Å². The molecule has 5 nitrogen and oxygen atoms in total. The van der Waals surface area contributed by atoms with Crippen molar-refractivity contribution in [2.75, 3.05) is 7.11 Å². The van der Waals surface area contributed by atoms with Crippen molar-refractivity contribution in [3.63, 3.8) is 0 Å². The summed E-state index contributed by atoms with van der Waals surface area (Å²) in [5.74, 6) is 0.130. The number of methoxy groups -OCH3 is 1. The van der Waals surface area contributed by atoms with Crippen LogP contribution in [-0.4, -0.2) is 23.8 Å². The molecule has 0 aliphatic heterocycles. The average Bonchev–Trinajstić information content (AvgIpc) is 2.80. The Balaban J connectivity index is 1.93. The Morgan fingerprint density at radius 1 is 0.931 bits per heavy atom. The summed E-state index contributed by atoms with van der Waals surface area (Å²) >= 11 is 0. The van der Waals surface area contributed by atoms with Crippen LogP contribution in [0.5, 0.6) is 5.75 Å². The molecule has 0 saturated carbocycles. The van der Waals surface area contributed by atoms with Crippen molar-refractivity contribution in [2.24, 2.45) is 5.10 Å². The van der Waals surface area contributed by atoms with Crippen molar-refractivity contribution < 1.29 is 14.6 Å². The maximum absolute atomic E-state index is 13.1. The van der Waals surface area contributed by atoms with Gasteiger partial charge in [0.2, 0.25) is 0 Å². The number of hydrazone groups is 1. The number of hydrogen-bond donors (Lipinski definition) is 2. The second-order valence-corrected chi connectivity index (χ2v) is 6.52. The van der Waals surface area contributed by atoms with Crippen LogP contribution in [0, 0.1) is 0 Å². The summed E-state index contributed by atoms with van der Waals surface area (Å²) < 4.78 is 5.18. The Morgan fingerprint density at radius 2 is 1.45 bits per heavy atom. The van der Waals surface area contributed by atoms with Crippen molar-refractivity contribution in [1.29, 1.82) is 0 Å². The van der Waals surface area contributed by atoms with Gasteiger partial charge >= 0.3 is 0 Å². The molecular weight excluding hydrogens is 364 g/mol. The first kappa shape index (κ1) is 20.3. The fourth-order valence-electron chi connectivity index (χ4n) is 3.12. The maximum Gasteiger partial charge on any atom is 0.281 e. The van der Waals surface area contributed by atoms with E-state index in [-0.39, 0.29) is 0 Å². The first-order valence-electron chi connectivity index (χ1n) is 9.44. The van der Waals surface area contributed by atoms with Gasteiger partial charge < -0.3 is 9.84 Å². The van der Waals surface area contributed by atoms with Crippen molar-refractivity contribution in [2.45, 2.75) is 18.9 Å². The van der Waals surface area contributed by atoms with Crippen molar-refractivity contribution >= 4 is 11.6 Å². The van der Waals surface area contributed by atoms with E-state index in [9.17, 15) is 9.90 Å². The lowest BCUT2D eigenvalue weighted by Crippen LogP contribution is -2.44. The van der Waals surface area contributed by atoms with Crippen LogP contribution in [0.25, 0.3) is 0 Å². The molecular formula is C24H24N2O3. The molecule has 2 N–H and O–H groups in total. The molecule has 0 heterocycles. The number of carbonyl (C=O) groups excluding carboxylic acids is 1. The second kappa shape index (κ2) is 9.17. The smallest absolute Gasteiger partial charge is 0.281 e. The van der Waals surface area contributed by atoms with E-state index in [4.69, 9.17) is 4.74 Å². The number of aliphatic hydroxyl groups is 1. The van der Waals surface area contributed by atoms with Gasteiger partial charge in [0, 0.05) is 0 Å². The van der Waals surface area contributed by atoms with E-state index in [0.717, 1.165) is 11.3 Å². The number of rotatable bonds is 7. The third-order valence-electron chi connectivity index (χ3n) is 4.76. The van der Waals surface area contributed by atoms with Crippen LogP contribution in [0.2, 0.25) is 0 Å². The Bertz CT molecular complexity index is 929. The molecule has 1 amide bonds. The Hall–Kier alpha value is -3.44. The number of carbonyl (C=O) groups is 1. The quantitative estimate of drug-likeness (QED) is 0.477. The fourth-order valence-corrected chi connectivity index (χ4v) is 3.12. The third kappa shape index (κ3) is 4.36. The minimum Gasteiger partial charge on any atom is -0.497 e. The number of nitrogens with one attached hydrogen (secondary N) is 1. The molecule has 0 spiro atoms. The average molecular weight is 388 g/mol. The third-order valence-corrected chi connectivity index (χ3v) is 4.76. The van der Waals surface area contributed by atoms with Crippen LogP contribution in [0.3, 0.4) is 0 Å². The molecule has 0 saturated heterocycles. The zero-order chi connectivity index (χ0) is 20.7. The first-order chi connectivity index (χ1) is 14.1. The van der Waals surface area contributed by atoms with Gasteiger partial charge in [-0.3, -0.25) is 4.79 Å². The van der Waals surface area contributed by atoms with Gasteiger partial charge in [0.25, 0.3) is 5.91 Å². The van der Waals surface area contributed by atoms with E-state index in [1.165, 1.54) is 0 Å². The molecule has 0 radical (unpaired) electrons. The Labute approximate surface area is 170 Å². The Morgan fingerprint density at radius 3 is 1.90 bits per heavy atom. The summed E-state index contributed by atoms with van der Waals surface area (Å²) in [6.45, 7) is 1.95. The van der Waals surface area contributed by atoms with Gasteiger partial charge in [0.1, 0.15) is 5.75 Å². The first-order valence-corrected chi connectivity index (χ1v) is 9.44. The SMILES string of the molecule is CC/C(=N/NC(=O)C(O)(c1ccccc1)c1ccccc1)c1ccc(OC)cc1. The highest BCUT2D eigenvalue weighted by Gasteiger charge is 2.39. The van der Waals surface area contributed by atoms with E-state index in [2.05, 4.69) is 10.5 Å². The van der Waals surface area contributed by atoms with Gasteiger partial charge in [-0.1, -0.05) is 67.6 Å². The lowest BCUT2D eigenvalue weighted by atomic mass is 9.85. The summed E-state index contributed by atoms with van der Waals surface area (Å²) in [5, 5.41) is 15.8. The Kier molecular flexibility index (Phi) is 6.42.